The van der Waals surface area contributed by atoms with E-state index >= 15 is 0 Å². The van der Waals surface area contributed by atoms with Crippen LogP contribution in [0.15, 0.2) is 54.7 Å². The second kappa shape index (κ2) is 5.09. The second-order valence-corrected chi connectivity index (χ2v) is 5.26. The van der Waals surface area contributed by atoms with Crippen LogP contribution in [0.2, 0.25) is 0 Å². The minimum atomic E-state index is 0.661. The van der Waals surface area contributed by atoms with Crippen molar-refractivity contribution in [2.45, 2.75) is 12.8 Å². The van der Waals surface area contributed by atoms with Crippen molar-refractivity contribution < 1.29 is 4.74 Å². The minimum absolute atomic E-state index is 0.661. The summed E-state index contributed by atoms with van der Waals surface area (Å²) < 4.78 is 6.12. The van der Waals surface area contributed by atoms with Crippen LogP contribution in [0.5, 0.6) is 11.6 Å². The molecule has 2 aromatic carbocycles. The number of benzene rings is 2. The molecule has 0 fully saturated rings. The molecule has 0 aliphatic carbocycles. The number of hydrogen-bond acceptors (Lipinski definition) is 3. The standard InChI is InChI=1S/C18H16N2O/c1-2-8-15-13(5-1)10-12-20-18(15)21-16-9-3-6-14-7-4-11-19-17(14)16/h1-3,5-6,8-10,12,19H,4,7,11H2. The number of nitrogens with one attached hydrogen (secondary N) is 1. The predicted octanol–water partition coefficient (Wildman–Crippen LogP) is 4.39. The Morgan fingerprint density at radius 1 is 1.00 bits per heavy atom. The van der Waals surface area contributed by atoms with E-state index in [1.165, 1.54) is 12.0 Å². The lowest BCUT2D eigenvalue weighted by Gasteiger charge is -2.21. The molecule has 4 rings (SSSR count). The summed E-state index contributed by atoms with van der Waals surface area (Å²) in [5.74, 6) is 1.52. The first-order valence-electron chi connectivity index (χ1n) is 7.29. The molecule has 0 saturated heterocycles. The first-order chi connectivity index (χ1) is 10.4. The molecule has 2 heterocycles. The summed E-state index contributed by atoms with van der Waals surface area (Å²) in [5, 5.41) is 5.62. The molecule has 0 radical (unpaired) electrons. The van der Waals surface area contributed by atoms with Crippen LogP contribution in [0.4, 0.5) is 5.69 Å². The van der Waals surface area contributed by atoms with Gasteiger partial charge in [-0.05, 0) is 42.0 Å². The third-order valence-electron chi connectivity index (χ3n) is 3.88. The summed E-state index contributed by atoms with van der Waals surface area (Å²) >= 11 is 0. The Kier molecular flexibility index (Phi) is 2.96. The third kappa shape index (κ3) is 2.21. The van der Waals surface area contributed by atoms with Crippen molar-refractivity contribution in [3.8, 4) is 11.6 Å². The molecule has 0 unspecified atom stereocenters. The van der Waals surface area contributed by atoms with Crippen LogP contribution in [0, 0.1) is 0 Å². The van der Waals surface area contributed by atoms with E-state index in [2.05, 4.69) is 22.4 Å². The number of anilines is 1. The molecule has 3 heteroatoms. The predicted molar refractivity (Wildman–Crippen MR) is 85.1 cm³/mol. The Morgan fingerprint density at radius 3 is 2.95 bits per heavy atom. The van der Waals surface area contributed by atoms with E-state index in [-0.39, 0.29) is 0 Å². The van der Waals surface area contributed by atoms with E-state index < -0.39 is 0 Å². The van der Waals surface area contributed by atoms with E-state index in [4.69, 9.17) is 4.74 Å². The highest BCUT2D eigenvalue weighted by Crippen LogP contribution is 2.36. The SMILES string of the molecule is c1cc2c(c(Oc3nccc4ccccc34)c1)NCCC2. The molecule has 1 aliphatic heterocycles. The summed E-state index contributed by atoms with van der Waals surface area (Å²) in [5.41, 5.74) is 2.43. The number of fused-ring (bicyclic) bond motifs is 2. The first kappa shape index (κ1) is 12.2. The largest absolute Gasteiger partial charge is 0.436 e. The maximum atomic E-state index is 6.12. The van der Waals surface area contributed by atoms with Gasteiger partial charge in [-0.15, -0.1) is 0 Å². The fraction of sp³-hybridized carbons (Fsp3) is 0.167. The van der Waals surface area contributed by atoms with Crippen LogP contribution < -0.4 is 10.1 Å². The van der Waals surface area contributed by atoms with Gasteiger partial charge < -0.3 is 10.1 Å². The molecule has 1 aromatic heterocycles. The molecular formula is C18H16N2O. The van der Waals surface area contributed by atoms with Gasteiger partial charge in [-0.1, -0.05) is 30.3 Å². The number of aromatic nitrogens is 1. The number of rotatable bonds is 2. The van der Waals surface area contributed by atoms with Gasteiger partial charge in [-0.25, -0.2) is 4.98 Å². The molecular weight excluding hydrogens is 260 g/mol. The van der Waals surface area contributed by atoms with E-state index in [1.54, 1.807) is 6.20 Å². The topological polar surface area (TPSA) is 34.1 Å². The van der Waals surface area contributed by atoms with E-state index in [0.29, 0.717) is 5.88 Å². The zero-order chi connectivity index (χ0) is 14.1. The minimum Gasteiger partial charge on any atom is -0.436 e. The number of nitrogens with zero attached hydrogens (tertiary/aromatic N) is 1. The molecule has 0 spiro atoms. The van der Waals surface area contributed by atoms with E-state index in [1.807, 2.05) is 36.4 Å². The van der Waals surface area contributed by atoms with Crippen LogP contribution in [0.25, 0.3) is 10.8 Å². The van der Waals surface area contributed by atoms with Crippen molar-refractivity contribution in [1.82, 2.24) is 4.98 Å². The van der Waals surface area contributed by atoms with Crippen molar-refractivity contribution in [3.63, 3.8) is 0 Å². The quantitative estimate of drug-likeness (QED) is 0.754. The molecule has 0 bridgehead atoms. The number of pyridine rings is 1. The monoisotopic (exact) mass is 276 g/mol. The highest BCUT2D eigenvalue weighted by molar-refractivity contribution is 5.87. The van der Waals surface area contributed by atoms with Crippen molar-refractivity contribution in [2.75, 3.05) is 11.9 Å². The molecule has 1 aliphatic rings. The van der Waals surface area contributed by atoms with E-state index in [9.17, 15) is 0 Å². The van der Waals surface area contributed by atoms with Crippen LogP contribution >= 0.6 is 0 Å². The Morgan fingerprint density at radius 2 is 1.95 bits per heavy atom. The lowest BCUT2D eigenvalue weighted by molar-refractivity contribution is 0.469. The van der Waals surface area contributed by atoms with E-state index in [0.717, 1.165) is 35.2 Å². The van der Waals surface area contributed by atoms with Crippen LogP contribution in [-0.2, 0) is 6.42 Å². The zero-order valence-corrected chi connectivity index (χ0v) is 11.7. The molecule has 3 aromatic rings. The molecule has 1 N–H and O–H groups in total. The first-order valence-corrected chi connectivity index (χ1v) is 7.29. The third-order valence-corrected chi connectivity index (χ3v) is 3.88. The molecule has 104 valence electrons. The number of para-hydroxylation sites is 1. The van der Waals surface area contributed by atoms with Crippen molar-refractivity contribution in [1.29, 1.82) is 0 Å². The van der Waals surface area contributed by atoms with Gasteiger partial charge in [-0.2, -0.15) is 0 Å². The molecule has 0 atom stereocenters. The average molecular weight is 276 g/mol. The summed E-state index contributed by atoms with van der Waals surface area (Å²) in [6.07, 6.45) is 4.06. The molecule has 21 heavy (non-hydrogen) atoms. The maximum Gasteiger partial charge on any atom is 0.227 e. The fourth-order valence-corrected chi connectivity index (χ4v) is 2.84. The van der Waals surface area contributed by atoms with Crippen LogP contribution in [0.3, 0.4) is 0 Å². The van der Waals surface area contributed by atoms with Crippen molar-refractivity contribution in [3.05, 3.63) is 60.3 Å². The molecule has 3 nitrogen and oxygen atoms in total. The number of hydrogen-bond donors (Lipinski definition) is 1. The molecule has 0 saturated carbocycles. The smallest absolute Gasteiger partial charge is 0.227 e. The summed E-state index contributed by atoms with van der Waals surface area (Å²) in [6.45, 7) is 0.996. The normalized spacial score (nSPS) is 13.5. The van der Waals surface area contributed by atoms with Gasteiger partial charge in [0.1, 0.15) is 0 Å². The van der Waals surface area contributed by atoms with Gasteiger partial charge in [0.05, 0.1) is 5.69 Å². The summed E-state index contributed by atoms with van der Waals surface area (Å²) in [6, 6.07) is 16.4. The Hall–Kier alpha value is -2.55. The number of aryl methyl sites for hydroxylation is 1. The lowest BCUT2D eigenvalue weighted by atomic mass is 10.0. The Bertz CT molecular complexity index is 793. The van der Waals surface area contributed by atoms with Gasteiger partial charge in [-0.3, -0.25) is 0 Å². The molecule has 0 amide bonds. The van der Waals surface area contributed by atoms with Gasteiger partial charge in [0.15, 0.2) is 5.75 Å². The fourth-order valence-electron chi connectivity index (χ4n) is 2.84. The summed E-state index contributed by atoms with van der Waals surface area (Å²) in [7, 11) is 0. The van der Waals surface area contributed by atoms with Crippen molar-refractivity contribution in [2.24, 2.45) is 0 Å². The van der Waals surface area contributed by atoms with Gasteiger partial charge in [0.25, 0.3) is 0 Å². The lowest BCUT2D eigenvalue weighted by Crippen LogP contribution is -2.12. The Labute approximate surface area is 123 Å². The highest BCUT2D eigenvalue weighted by Gasteiger charge is 2.15. The zero-order valence-electron chi connectivity index (χ0n) is 11.7. The van der Waals surface area contributed by atoms with Gasteiger partial charge in [0, 0.05) is 18.1 Å². The number of ether oxygens (including phenoxy) is 1. The van der Waals surface area contributed by atoms with Crippen LogP contribution in [0.1, 0.15) is 12.0 Å². The summed E-state index contributed by atoms with van der Waals surface area (Å²) in [4.78, 5) is 4.40. The maximum absolute atomic E-state index is 6.12. The Balaban J connectivity index is 1.79. The average Bonchev–Trinajstić information content (AvgIpc) is 2.56. The second-order valence-electron chi connectivity index (χ2n) is 5.26. The van der Waals surface area contributed by atoms with Gasteiger partial charge >= 0.3 is 0 Å². The highest BCUT2D eigenvalue weighted by atomic mass is 16.5. The van der Waals surface area contributed by atoms with Gasteiger partial charge in [0.2, 0.25) is 5.88 Å². The van der Waals surface area contributed by atoms with Crippen LogP contribution in [-0.4, -0.2) is 11.5 Å². The van der Waals surface area contributed by atoms with Crippen molar-refractivity contribution >= 4 is 16.5 Å².